The lowest BCUT2D eigenvalue weighted by molar-refractivity contribution is 0.494. The molecule has 102 valence electrons. The zero-order chi connectivity index (χ0) is 14.0. The maximum Gasteiger partial charge on any atom is 0.106 e. The maximum absolute atomic E-state index is 5.78. The molecule has 1 unspecified atom stereocenters. The molecule has 0 fully saturated rings. The first-order valence-corrected chi connectivity index (χ1v) is 6.69. The van der Waals surface area contributed by atoms with E-state index in [0.29, 0.717) is 0 Å². The van der Waals surface area contributed by atoms with Crippen molar-refractivity contribution in [3.63, 3.8) is 0 Å². The molecule has 0 aliphatic carbocycles. The van der Waals surface area contributed by atoms with Gasteiger partial charge in [-0.1, -0.05) is 31.2 Å². The number of furan rings is 1. The lowest BCUT2D eigenvalue weighted by Gasteiger charge is -2.18. The second-order valence-corrected chi connectivity index (χ2v) is 4.95. The molecule has 2 rings (SSSR count). The second kappa shape index (κ2) is 5.59. The number of rotatable bonds is 4. The summed E-state index contributed by atoms with van der Waals surface area (Å²) in [6, 6.07) is 8.49. The molecule has 0 radical (unpaired) electrons. The molecule has 0 saturated carbocycles. The van der Waals surface area contributed by atoms with Crippen molar-refractivity contribution < 1.29 is 4.42 Å². The fraction of sp³-hybridized carbons (Fsp3) is 0.375. The number of nitrogens with one attached hydrogen (secondary N) is 1. The van der Waals surface area contributed by atoms with Crippen LogP contribution in [-0.2, 0) is 6.42 Å². The fourth-order valence-corrected chi connectivity index (χ4v) is 2.57. The standard InChI is InChI=1S/C16H22N2O/c1-5-13-7-6-8-14(9-13)16(18-17)15-10(2)11(3)19-12(15)4/h6-9,16,18H,5,17H2,1-4H3. The summed E-state index contributed by atoms with van der Waals surface area (Å²) in [6.45, 7) is 8.21. The van der Waals surface area contributed by atoms with E-state index in [1.54, 1.807) is 0 Å². The van der Waals surface area contributed by atoms with Crippen LogP contribution in [0.2, 0.25) is 0 Å². The lowest BCUT2D eigenvalue weighted by atomic mass is 9.94. The highest BCUT2D eigenvalue weighted by molar-refractivity contribution is 5.41. The highest BCUT2D eigenvalue weighted by Gasteiger charge is 2.21. The Kier molecular flexibility index (Phi) is 4.08. The van der Waals surface area contributed by atoms with Gasteiger partial charge in [0.15, 0.2) is 0 Å². The van der Waals surface area contributed by atoms with E-state index in [0.717, 1.165) is 23.5 Å². The van der Waals surface area contributed by atoms with Crippen LogP contribution in [0.4, 0.5) is 0 Å². The Balaban J connectivity index is 2.49. The molecule has 1 heterocycles. The minimum atomic E-state index is -0.0241. The zero-order valence-electron chi connectivity index (χ0n) is 12.1. The molecule has 0 saturated heterocycles. The Morgan fingerprint density at radius 3 is 2.47 bits per heavy atom. The maximum atomic E-state index is 5.78. The Labute approximate surface area is 114 Å². The first-order valence-electron chi connectivity index (χ1n) is 6.69. The van der Waals surface area contributed by atoms with Gasteiger partial charge in [-0.2, -0.15) is 0 Å². The largest absolute Gasteiger partial charge is 0.466 e. The quantitative estimate of drug-likeness (QED) is 0.653. The molecule has 0 spiro atoms. The van der Waals surface area contributed by atoms with Gasteiger partial charge in [-0.3, -0.25) is 5.84 Å². The normalized spacial score (nSPS) is 12.7. The van der Waals surface area contributed by atoms with Crippen LogP contribution < -0.4 is 11.3 Å². The molecule has 0 amide bonds. The number of hydrogen-bond acceptors (Lipinski definition) is 3. The van der Waals surface area contributed by atoms with Crippen LogP contribution in [0.5, 0.6) is 0 Å². The minimum Gasteiger partial charge on any atom is -0.466 e. The van der Waals surface area contributed by atoms with Crippen molar-refractivity contribution in [3.05, 3.63) is 58.0 Å². The lowest BCUT2D eigenvalue weighted by Crippen LogP contribution is -2.29. The molecule has 3 nitrogen and oxygen atoms in total. The number of benzene rings is 1. The van der Waals surface area contributed by atoms with Gasteiger partial charge in [-0.25, -0.2) is 5.43 Å². The molecule has 0 bridgehead atoms. The summed E-state index contributed by atoms with van der Waals surface area (Å²) < 4.78 is 5.71. The Morgan fingerprint density at radius 2 is 1.95 bits per heavy atom. The van der Waals surface area contributed by atoms with E-state index in [1.165, 1.54) is 16.7 Å². The molecule has 1 atom stereocenters. The summed E-state index contributed by atoms with van der Waals surface area (Å²) in [6.07, 6.45) is 1.02. The topological polar surface area (TPSA) is 51.2 Å². The highest BCUT2D eigenvalue weighted by atomic mass is 16.3. The zero-order valence-corrected chi connectivity index (χ0v) is 12.1. The van der Waals surface area contributed by atoms with Crippen LogP contribution in [-0.4, -0.2) is 0 Å². The van der Waals surface area contributed by atoms with E-state index in [1.807, 2.05) is 13.8 Å². The highest BCUT2D eigenvalue weighted by Crippen LogP contribution is 2.31. The van der Waals surface area contributed by atoms with Gasteiger partial charge in [0, 0.05) is 5.56 Å². The van der Waals surface area contributed by atoms with E-state index in [9.17, 15) is 0 Å². The first kappa shape index (κ1) is 13.8. The van der Waals surface area contributed by atoms with E-state index in [4.69, 9.17) is 10.3 Å². The summed E-state index contributed by atoms with van der Waals surface area (Å²) in [5, 5.41) is 0. The molecule has 1 aromatic heterocycles. The average Bonchev–Trinajstić information content (AvgIpc) is 2.66. The minimum absolute atomic E-state index is 0.0241. The number of aryl methyl sites for hydroxylation is 3. The van der Waals surface area contributed by atoms with Gasteiger partial charge in [0.2, 0.25) is 0 Å². The van der Waals surface area contributed by atoms with Crippen LogP contribution in [0, 0.1) is 20.8 Å². The third kappa shape index (κ3) is 2.57. The molecular formula is C16H22N2O. The van der Waals surface area contributed by atoms with Gasteiger partial charge in [0.05, 0.1) is 6.04 Å². The van der Waals surface area contributed by atoms with Crippen molar-refractivity contribution in [1.82, 2.24) is 5.43 Å². The predicted molar refractivity (Wildman–Crippen MR) is 77.9 cm³/mol. The number of hydrazine groups is 1. The van der Waals surface area contributed by atoms with E-state index in [2.05, 4.69) is 43.5 Å². The van der Waals surface area contributed by atoms with Gasteiger partial charge in [0.1, 0.15) is 11.5 Å². The second-order valence-electron chi connectivity index (χ2n) is 4.95. The predicted octanol–water partition coefficient (Wildman–Crippen LogP) is 3.32. The number of hydrogen-bond donors (Lipinski definition) is 2. The van der Waals surface area contributed by atoms with E-state index < -0.39 is 0 Å². The van der Waals surface area contributed by atoms with E-state index in [-0.39, 0.29) is 6.04 Å². The first-order chi connectivity index (χ1) is 9.08. The molecular weight excluding hydrogens is 236 g/mol. The Bertz CT molecular complexity index is 572. The van der Waals surface area contributed by atoms with Crippen molar-refractivity contribution in [2.45, 2.75) is 40.2 Å². The van der Waals surface area contributed by atoms with Crippen molar-refractivity contribution in [2.24, 2.45) is 5.84 Å². The summed E-state index contributed by atoms with van der Waals surface area (Å²) in [5.74, 6) is 7.67. The van der Waals surface area contributed by atoms with Crippen LogP contribution in [0.1, 0.15) is 46.7 Å². The van der Waals surface area contributed by atoms with Crippen LogP contribution in [0.25, 0.3) is 0 Å². The summed E-state index contributed by atoms with van der Waals surface area (Å²) in [4.78, 5) is 0. The van der Waals surface area contributed by atoms with Crippen LogP contribution in [0.15, 0.2) is 28.7 Å². The number of nitrogens with two attached hydrogens (primary N) is 1. The van der Waals surface area contributed by atoms with Crippen LogP contribution in [0.3, 0.4) is 0 Å². The van der Waals surface area contributed by atoms with Crippen LogP contribution >= 0.6 is 0 Å². The van der Waals surface area contributed by atoms with Gasteiger partial charge < -0.3 is 4.42 Å². The van der Waals surface area contributed by atoms with Crippen molar-refractivity contribution in [3.8, 4) is 0 Å². The molecule has 1 aromatic carbocycles. The smallest absolute Gasteiger partial charge is 0.106 e. The molecule has 19 heavy (non-hydrogen) atoms. The van der Waals surface area contributed by atoms with Gasteiger partial charge in [-0.15, -0.1) is 0 Å². The fourth-order valence-electron chi connectivity index (χ4n) is 2.57. The molecule has 0 aliphatic rings. The van der Waals surface area contributed by atoms with Gasteiger partial charge >= 0.3 is 0 Å². The summed E-state index contributed by atoms with van der Waals surface area (Å²) in [5.41, 5.74) is 7.72. The van der Waals surface area contributed by atoms with Crippen molar-refractivity contribution >= 4 is 0 Å². The summed E-state index contributed by atoms with van der Waals surface area (Å²) in [7, 11) is 0. The SMILES string of the molecule is CCc1cccc(C(NN)c2c(C)oc(C)c2C)c1. The van der Waals surface area contributed by atoms with E-state index >= 15 is 0 Å². The van der Waals surface area contributed by atoms with Gasteiger partial charge in [0.25, 0.3) is 0 Å². The third-order valence-corrected chi connectivity index (χ3v) is 3.77. The van der Waals surface area contributed by atoms with Crippen molar-refractivity contribution in [2.75, 3.05) is 0 Å². The van der Waals surface area contributed by atoms with Gasteiger partial charge in [-0.05, 0) is 43.9 Å². The average molecular weight is 258 g/mol. The Morgan fingerprint density at radius 1 is 1.21 bits per heavy atom. The molecule has 3 N–H and O–H groups in total. The van der Waals surface area contributed by atoms with Crippen molar-refractivity contribution in [1.29, 1.82) is 0 Å². The monoisotopic (exact) mass is 258 g/mol. The third-order valence-electron chi connectivity index (χ3n) is 3.77. The molecule has 2 aromatic rings. The summed E-state index contributed by atoms with van der Waals surface area (Å²) >= 11 is 0. The molecule has 3 heteroatoms. The Hall–Kier alpha value is -1.58. The molecule has 0 aliphatic heterocycles.